The summed E-state index contributed by atoms with van der Waals surface area (Å²) < 4.78 is 13.9. The average molecular weight is 352 g/mol. The molecule has 3 heterocycles. The van der Waals surface area contributed by atoms with Gasteiger partial charge in [0.05, 0.1) is 5.56 Å². The standard InChI is InChI=1S/C19H21FN6/c20-17-13-16(4-3-15(17)14-21)24-9-11-25(12-10-24)18-5-6-22-19(23-18)26-7-1-2-8-26/h3-6,13H,1-2,7-12H2. The smallest absolute Gasteiger partial charge is 0.227 e. The van der Waals surface area contributed by atoms with E-state index in [0.29, 0.717) is 0 Å². The van der Waals surface area contributed by atoms with Gasteiger partial charge in [0.1, 0.15) is 17.7 Å². The first kappa shape index (κ1) is 16.6. The second-order valence-corrected chi connectivity index (χ2v) is 6.66. The number of hydrogen-bond donors (Lipinski definition) is 0. The number of aromatic nitrogens is 2. The molecule has 4 rings (SSSR count). The highest BCUT2D eigenvalue weighted by Gasteiger charge is 2.21. The minimum absolute atomic E-state index is 0.0859. The second kappa shape index (κ2) is 7.16. The lowest BCUT2D eigenvalue weighted by atomic mass is 10.2. The number of nitrogens with zero attached hydrogens (tertiary/aromatic N) is 6. The maximum Gasteiger partial charge on any atom is 0.227 e. The zero-order valence-electron chi connectivity index (χ0n) is 14.6. The molecule has 0 N–H and O–H groups in total. The molecule has 2 aromatic rings. The van der Waals surface area contributed by atoms with Crippen molar-refractivity contribution in [2.75, 3.05) is 54.0 Å². The van der Waals surface area contributed by atoms with E-state index in [1.54, 1.807) is 6.07 Å². The van der Waals surface area contributed by atoms with Crippen LogP contribution in [0.1, 0.15) is 18.4 Å². The Balaban J connectivity index is 1.43. The van der Waals surface area contributed by atoms with Crippen LogP contribution in [0.5, 0.6) is 0 Å². The highest BCUT2D eigenvalue weighted by atomic mass is 19.1. The van der Waals surface area contributed by atoms with Crippen molar-refractivity contribution in [3.05, 3.63) is 41.8 Å². The molecule has 0 amide bonds. The minimum atomic E-state index is -0.460. The molecule has 134 valence electrons. The monoisotopic (exact) mass is 352 g/mol. The average Bonchev–Trinajstić information content (AvgIpc) is 3.23. The topological polar surface area (TPSA) is 59.3 Å². The summed E-state index contributed by atoms with van der Waals surface area (Å²) >= 11 is 0. The fraction of sp³-hybridized carbons (Fsp3) is 0.421. The molecule has 0 spiro atoms. The number of benzene rings is 1. The van der Waals surface area contributed by atoms with E-state index < -0.39 is 5.82 Å². The molecule has 0 saturated carbocycles. The van der Waals surface area contributed by atoms with Crippen molar-refractivity contribution in [3.63, 3.8) is 0 Å². The lowest BCUT2D eigenvalue weighted by molar-refractivity contribution is 0.616. The molecular formula is C19H21FN6. The molecule has 6 nitrogen and oxygen atoms in total. The third kappa shape index (κ3) is 3.27. The van der Waals surface area contributed by atoms with E-state index in [0.717, 1.165) is 56.7 Å². The third-order valence-electron chi connectivity index (χ3n) is 5.06. The molecule has 1 aromatic heterocycles. The van der Waals surface area contributed by atoms with E-state index in [-0.39, 0.29) is 5.56 Å². The summed E-state index contributed by atoms with van der Waals surface area (Å²) in [7, 11) is 0. The Morgan fingerprint density at radius 3 is 2.35 bits per heavy atom. The van der Waals surface area contributed by atoms with Gasteiger partial charge in [0.15, 0.2) is 0 Å². The van der Waals surface area contributed by atoms with Crippen LogP contribution in [0.2, 0.25) is 0 Å². The number of hydrogen-bond acceptors (Lipinski definition) is 6. The van der Waals surface area contributed by atoms with Gasteiger partial charge in [-0.05, 0) is 37.1 Å². The molecule has 2 saturated heterocycles. The van der Waals surface area contributed by atoms with Gasteiger partial charge in [-0.2, -0.15) is 10.2 Å². The van der Waals surface area contributed by atoms with Crippen LogP contribution in [0.4, 0.5) is 21.8 Å². The predicted octanol–water partition coefficient (Wildman–Crippen LogP) is 2.41. The molecular weight excluding hydrogens is 331 g/mol. The minimum Gasteiger partial charge on any atom is -0.368 e. The number of halogens is 1. The highest BCUT2D eigenvalue weighted by molar-refractivity contribution is 5.53. The number of rotatable bonds is 3. The molecule has 0 radical (unpaired) electrons. The summed E-state index contributed by atoms with van der Waals surface area (Å²) in [5, 5.41) is 8.86. The fourth-order valence-electron chi connectivity index (χ4n) is 3.57. The van der Waals surface area contributed by atoms with Crippen molar-refractivity contribution in [2.45, 2.75) is 12.8 Å². The largest absolute Gasteiger partial charge is 0.368 e. The first-order chi connectivity index (χ1) is 12.7. The summed E-state index contributed by atoms with van der Waals surface area (Å²) in [6.07, 6.45) is 4.24. The number of piperazine rings is 1. The van der Waals surface area contributed by atoms with Crippen molar-refractivity contribution in [1.82, 2.24) is 9.97 Å². The van der Waals surface area contributed by atoms with Gasteiger partial charge >= 0.3 is 0 Å². The van der Waals surface area contributed by atoms with Crippen molar-refractivity contribution in [2.24, 2.45) is 0 Å². The molecule has 0 aliphatic carbocycles. The highest BCUT2D eigenvalue weighted by Crippen LogP contribution is 2.23. The van der Waals surface area contributed by atoms with Gasteiger partial charge in [0, 0.05) is 51.2 Å². The molecule has 2 fully saturated rings. The number of nitriles is 1. The quantitative estimate of drug-likeness (QED) is 0.845. The van der Waals surface area contributed by atoms with E-state index in [1.165, 1.54) is 18.9 Å². The molecule has 2 aliphatic heterocycles. The van der Waals surface area contributed by atoms with Crippen LogP contribution in [0, 0.1) is 17.1 Å². The third-order valence-corrected chi connectivity index (χ3v) is 5.06. The van der Waals surface area contributed by atoms with Gasteiger partial charge in [-0.25, -0.2) is 9.37 Å². The van der Waals surface area contributed by atoms with Crippen molar-refractivity contribution in [3.8, 4) is 6.07 Å². The Labute approximate surface area is 152 Å². The van der Waals surface area contributed by atoms with Gasteiger partial charge in [-0.15, -0.1) is 0 Å². The van der Waals surface area contributed by atoms with E-state index in [9.17, 15) is 4.39 Å². The maximum atomic E-state index is 13.9. The first-order valence-corrected chi connectivity index (χ1v) is 9.02. The van der Waals surface area contributed by atoms with Gasteiger partial charge in [0.2, 0.25) is 5.95 Å². The Morgan fingerprint density at radius 2 is 1.65 bits per heavy atom. The Hall–Kier alpha value is -2.88. The normalized spacial score (nSPS) is 17.5. The van der Waals surface area contributed by atoms with E-state index >= 15 is 0 Å². The van der Waals surface area contributed by atoms with Crippen LogP contribution >= 0.6 is 0 Å². The summed E-state index contributed by atoms with van der Waals surface area (Å²) in [5.41, 5.74) is 0.907. The second-order valence-electron chi connectivity index (χ2n) is 6.66. The molecule has 2 aliphatic rings. The predicted molar refractivity (Wildman–Crippen MR) is 99.0 cm³/mol. The summed E-state index contributed by atoms with van der Waals surface area (Å²) in [5.74, 6) is 1.31. The van der Waals surface area contributed by atoms with Crippen molar-refractivity contribution in [1.29, 1.82) is 5.26 Å². The maximum absolute atomic E-state index is 13.9. The Bertz CT molecular complexity index is 819. The van der Waals surface area contributed by atoms with E-state index in [4.69, 9.17) is 10.2 Å². The van der Waals surface area contributed by atoms with Crippen LogP contribution in [-0.2, 0) is 0 Å². The van der Waals surface area contributed by atoms with Crippen LogP contribution in [0.25, 0.3) is 0 Å². The van der Waals surface area contributed by atoms with Crippen LogP contribution in [-0.4, -0.2) is 49.2 Å². The Kier molecular flexibility index (Phi) is 4.57. The lowest BCUT2D eigenvalue weighted by Gasteiger charge is -2.37. The molecule has 1 aromatic carbocycles. The number of anilines is 3. The van der Waals surface area contributed by atoms with Crippen LogP contribution < -0.4 is 14.7 Å². The van der Waals surface area contributed by atoms with Gasteiger partial charge < -0.3 is 14.7 Å². The zero-order chi connectivity index (χ0) is 17.9. The SMILES string of the molecule is N#Cc1ccc(N2CCN(c3ccnc(N4CCCC4)n3)CC2)cc1F. The molecule has 0 atom stereocenters. The Morgan fingerprint density at radius 1 is 0.923 bits per heavy atom. The molecule has 0 unspecified atom stereocenters. The summed E-state index contributed by atoms with van der Waals surface area (Å²) in [4.78, 5) is 15.8. The van der Waals surface area contributed by atoms with Gasteiger partial charge in [-0.3, -0.25) is 0 Å². The fourth-order valence-corrected chi connectivity index (χ4v) is 3.57. The lowest BCUT2D eigenvalue weighted by Crippen LogP contribution is -2.47. The van der Waals surface area contributed by atoms with Crippen LogP contribution in [0.15, 0.2) is 30.5 Å². The van der Waals surface area contributed by atoms with Crippen LogP contribution in [0.3, 0.4) is 0 Å². The zero-order valence-corrected chi connectivity index (χ0v) is 14.6. The van der Waals surface area contributed by atoms with Crippen molar-refractivity contribution < 1.29 is 4.39 Å². The molecule has 26 heavy (non-hydrogen) atoms. The summed E-state index contributed by atoms with van der Waals surface area (Å²) in [6.45, 7) is 5.27. The first-order valence-electron chi connectivity index (χ1n) is 9.02. The van der Waals surface area contributed by atoms with Gasteiger partial charge in [-0.1, -0.05) is 0 Å². The van der Waals surface area contributed by atoms with E-state index in [1.807, 2.05) is 24.4 Å². The van der Waals surface area contributed by atoms with Crippen molar-refractivity contribution >= 4 is 17.5 Å². The van der Waals surface area contributed by atoms with E-state index in [2.05, 4.69) is 19.7 Å². The molecule has 0 bridgehead atoms. The molecule has 7 heteroatoms. The van der Waals surface area contributed by atoms with Gasteiger partial charge in [0.25, 0.3) is 0 Å². The summed E-state index contributed by atoms with van der Waals surface area (Å²) in [6, 6.07) is 8.62.